The average Bonchev–Trinajstić information content (AvgIpc) is 2.67. The van der Waals surface area contributed by atoms with Crippen LogP contribution in [-0.4, -0.2) is 17.1 Å². The molecule has 0 unspecified atom stereocenters. The molecule has 4 nitrogen and oxygen atoms in total. The molecule has 0 spiro atoms. The van der Waals surface area contributed by atoms with E-state index >= 15 is 0 Å². The first-order valence-electron chi connectivity index (χ1n) is 5.68. The number of allylic oxidation sites excluding steroid dienone is 1. The lowest BCUT2D eigenvalue weighted by Gasteiger charge is -2.04. The van der Waals surface area contributed by atoms with Gasteiger partial charge in [-0.25, -0.2) is 0 Å². The average molecular weight is 298 g/mol. The first-order chi connectivity index (χ1) is 9.13. The van der Waals surface area contributed by atoms with Crippen molar-refractivity contribution in [3.05, 3.63) is 45.0 Å². The zero-order valence-electron chi connectivity index (χ0n) is 10.3. The van der Waals surface area contributed by atoms with Crippen LogP contribution in [0.5, 0.6) is 0 Å². The van der Waals surface area contributed by atoms with Crippen molar-refractivity contribution < 1.29 is 9.53 Å². The first-order valence-corrected chi connectivity index (χ1v) is 6.87. The Balaban J connectivity index is 2.28. The molecule has 0 radical (unpaired) electrons. The summed E-state index contributed by atoms with van der Waals surface area (Å²) >= 11 is 7.13. The zero-order chi connectivity index (χ0) is 13.8. The maximum absolute atomic E-state index is 11.9. The number of fused-ring (bicyclic) bond motifs is 1. The summed E-state index contributed by atoms with van der Waals surface area (Å²) in [6.07, 6.45) is 3.51. The number of rotatable bonds is 4. The lowest BCUT2D eigenvalue weighted by Crippen LogP contribution is -2.21. The molecular weight excluding hydrogens is 286 g/mol. The Labute approximate surface area is 118 Å². The minimum absolute atomic E-state index is 0.125. The molecule has 0 aliphatic heterocycles. The predicted octanol–water partition coefficient (Wildman–Crippen LogP) is 2.84. The number of halogens is 1. The number of thiazole rings is 1. The lowest BCUT2D eigenvalue weighted by molar-refractivity contribution is -0.143. The van der Waals surface area contributed by atoms with Crippen LogP contribution < -0.4 is 4.87 Å². The number of esters is 1. The minimum atomic E-state index is -0.459. The fraction of sp³-hybridized carbons (Fsp3) is 0.231. The van der Waals surface area contributed by atoms with E-state index in [4.69, 9.17) is 16.3 Å². The maximum atomic E-state index is 11.9. The number of nitrogens with zero attached hydrogens (tertiary/aromatic N) is 1. The van der Waals surface area contributed by atoms with Gasteiger partial charge in [0.05, 0.1) is 15.2 Å². The van der Waals surface area contributed by atoms with Gasteiger partial charge in [0.2, 0.25) is 0 Å². The van der Waals surface area contributed by atoms with Crippen LogP contribution >= 0.6 is 22.9 Å². The third kappa shape index (κ3) is 3.05. The highest BCUT2D eigenvalue weighted by atomic mass is 35.5. The van der Waals surface area contributed by atoms with E-state index in [9.17, 15) is 9.59 Å². The molecule has 2 aromatic rings. The van der Waals surface area contributed by atoms with Crippen LogP contribution in [0.3, 0.4) is 0 Å². The second kappa shape index (κ2) is 6.04. The molecule has 0 aliphatic rings. The highest BCUT2D eigenvalue weighted by Crippen LogP contribution is 2.25. The lowest BCUT2D eigenvalue weighted by atomic mass is 10.3. The maximum Gasteiger partial charge on any atom is 0.326 e. The van der Waals surface area contributed by atoms with Crippen LogP contribution in [-0.2, 0) is 16.1 Å². The van der Waals surface area contributed by atoms with Gasteiger partial charge in [-0.3, -0.25) is 14.2 Å². The van der Waals surface area contributed by atoms with Gasteiger partial charge in [-0.2, -0.15) is 0 Å². The molecule has 0 atom stereocenters. The number of carbonyl (C=O) groups excluding carboxylic acids is 1. The van der Waals surface area contributed by atoms with Crippen LogP contribution in [0, 0.1) is 0 Å². The Morgan fingerprint density at radius 1 is 1.53 bits per heavy atom. The number of hydrogen-bond donors (Lipinski definition) is 0. The second-order valence-electron chi connectivity index (χ2n) is 3.79. The Morgan fingerprint density at radius 2 is 2.32 bits per heavy atom. The van der Waals surface area contributed by atoms with Gasteiger partial charge in [0.15, 0.2) is 0 Å². The molecule has 2 rings (SSSR count). The van der Waals surface area contributed by atoms with E-state index in [-0.39, 0.29) is 18.0 Å². The van der Waals surface area contributed by atoms with E-state index in [0.717, 1.165) is 16.0 Å². The molecule has 19 heavy (non-hydrogen) atoms. The molecular formula is C13H12ClNO3S. The van der Waals surface area contributed by atoms with Crippen LogP contribution in [0.2, 0.25) is 5.02 Å². The summed E-state index contributed by atoms with van der Waals surface area (Å²) in [5.74, 6) is -0.459. The third-order valence-corrected chi connectivity index (χ3v) is 3.75. The first kappa shape index (κ1) is 13.8. The Morgan fingerprint density at radius 3 is 3.05 bits per heavy atom. The fourth-order valence-electron chi connectivity index (χ4n) is 1.64. The Kier molecular flexibility index (Phi) is 4.39. The van der Waals surface area contributed by atoms with Crippen LogP contribution in [0.15, 0.2) is 35.1 Å². The smallest absolute Gasteiger partial charge is 0.326 e. The summed E-state index contributed by atoms with van der Waals surface area (Å²) in [6, 6.07) is 5.27. The molecule has 1 heterocycles. The number of ether oxygens (including phenoxy) is 1. The number of hydrogen-bond acceptors (Lipinski definition) is 4. The van der Waals surface area contributed by atoms with Crippen molar-refractivity contribution in [2.75, 3.05) is 6.61 Å². The molecule has 1 aromatic heterocycles. The quantitative estimate of drug-likeness (QED) is 0.644. The van der Waals surface area contributed by atoms with E-state index in [1.165, 1.54) is 4.57 Å². The van der Waals surface area contributed by atoms with Crippen molar-refractivity contribution in [1.82, 2.24) is 4.57 Å². The standard InChI is InChI=1S/C13H12ClNO3S/c1-2-3-7-18-11(16)8-15-12-9(14)5-4-6-10(12)19-13(15)17/h2-6H,7-8H2,1H3. The van der Waals surface area contributed by atoms with Crippen molar-refractivity contribution in [2.24, 2.45) is 0 Å². The van der Waals surface area contributed by atoms with Gasteiger partial charge in [-0.05, 0) is 19.1 Å². The highest BCUT2D eigenvalue weighted by molar-refractivity contribution is 7.16. The zero-order valence-corrected chi connectivity index (χ0v) is 11.8. The molecule has 0 amide bonds. The molecule has 0 aliphatic carbocycles. The minimum Gasteiger partial charge on any atom is -0.460 e. The summed E-state index contributed by atoms with van der Waals surface area (Å²) in [5, 5.41) is 0.456. The molecule has 0 fully saturated rings. The van der Waals surface area contributed by atoms with Gasteiger partial charge < -0.3 is 4.74 Å². The van der Waals surface area contributed by atoms with E-state index < -0.39 is 5.97 Å². The van der Waals surface area contributed by atoms with E-state index in [1.54, 1.807) is 30.4 Å². The van der Waals surface area contributed by atoms with Crippen LogP contribution in [0.4, 0.5) is 0 Å². The fourth-order valence-corrected chi connectivity index (χ4v) is 2.89. The van der Waals surface area contributed by atoms with Gasteiger partial charge in [0.25, 0.3) is 0 Å². The van der Waals surface area contributed by atoms with Gasteiger partial charge in [-0.15, -0.1) is 0 Å². The van der Waals surface area contributed by atoms with Crippen LogP contribution in [0.25, 0.3) is 10.2 Å². The summed E-state index contributed by atoms with van der Waals surface area (Å²) in [5.41, 5.74) is 0.585. The molecule has 100 valence electrons. The van der Waals surface area contributed by atoms with Gasteiger partial charge in [-0.1, -0.05) is 41.2 Å². The van der Waals surface area contributed by atoms with E-state index in [0.29, 0.717) is 10.5 Å². The van der Waals surface area contributed by atoms with Gasteiger partial charge in [0, 0.05) is 0 Å². The summed E-state index contributed by atoms with van der Waals surface area (Å²) in [4.78, 5) is 23.3. The number of para-hydroxylation sites is 1. The van der Waals surface area contributed by atoms with E-state index in [1.807, 2.05) is 6.92 Å². The summed E-state index contributed by atoms with van der Waals surface area (Å²) in [6.45, 7) is 1.92. The summed E-state index contributed by atoms with van der Waals surface area (Å²) in [7, 11) is 0. The Bertz CT molecular complexity index is 687. The Hall–Kier alpha value is -1.59. The summed E-state index contributed by atoms with van der Waals surface area (Å²) < 4.78 is 7.09. The molecule has 0 N–H and O–H groups in total. The van der Waals surface area contributed by atoms with E-state index in [2.05, 4.69) is 0 Å². The number of carbonyl (C=O) groups is 1. The normalized spacial score (nSPS) is 11.3. The topological polar surface area (TPSA) is 48.3 Å². The highest BCUT2D eigenvalue weighted by Gasteiger charge is 2.14. The number of aromatic nitrogens is 1. The molecule has 0 saturated heterocycles. The van der Waals surface area contributed by atoms with Crippen molar-refractivity contribution in [3.63, 3.8) is 0 Å². The molecule has 0 bridgehead atoms. The van der Waals surface area contributed by atoms with Crippen molar-refractivity contribution >= 4 is 39.1 Å². The van der Waals surface area contributed by atoms with Crippen molar-refractivity contribution in [1.29, 1.82) is 0 Å². The van der Waals surface area contributed by atoms with Crippen molar-refractivity contribution in [3.8, 4) is 0 Å². The monoisotopic (exact) mass is 297 g/mol. The van der Waals surface area contributed by atoms with Gasteiger partial charge in [0.1, 0.15) is 13.2 Å². The van der Waals surface area contributed by atoms with Gasteiger partial charge >= 0.3 is 10.8 Å². The third-order valence-electron chi connectivity index (χ3n) is 2.50. The largest absolute Gasteiger partial charge is 0.460 e. The molecule has 1 aromatic carbocycles. The second-order valence-corrected chi connectivity index (χ2v) is 5.19. The molecule has 0 saturated carbocycles. The van der Waals surface area contributed by atoms with Crippen molar-refractivity contribution in [2.45, 2.75) is 13.5 Å². The molecule has 6 heteroatoms. The number of benzene rings is 1. The van der Waals surface area contributed by atoms with Crippen LogP contribution in [0.1, 0.15) is 6.92 Å². The SMILES string of the molecule is CC=CCOC(=O)Cn1c(=O)sc2cccc(Cl)c21. The predicted molar refractivity (Wildman–Crippen MR) is 76.9 cm³/mol.